The average Bonchev–Trinajstić information content (AvgIpc) is 2.68. The van der Waals surface area contributed by atoms with Crippen molar-refractivity contribution in [3.8, 4) is 0 Å². The van der Waals surface area contributed by atoms with Crippen LogP contribution >= 0.6 is 0 Å². The minimum atomic E-state index is -0.432. The average molecular weight is 382 g/mol. The molecule has 0 unspecified atom stereocenters. The van der Waals surface area contributed by atoms with Gasteiger partial charge in [0.05, 0.1) is 12.7 Å². The van der Waals surface area contributed by atoms with Gasteiger partial charge in [0.25, 0.3) is 0 Å². The number of esters is 1. The third-order valence-electron chi connectivity index (χ3n) is 4.38. The molecule has 0 saturated heterocycles. The maximum atomic E-state index is 12.3. The van der Waals surface area contributed by atoms with E-state index in [-0.39, 0.29) is 30.7 Å². The van der Waals surface area contributed by atoms with E-state index in [1.165, 1.54) is 14.0 Å². The second-order valence-corrected chi connectivity index (χ2v) is 6.75. The lowest BCUT2D eigenvalue weighted by atomic mass is 10.0. The molecule has 2 amide bonds. The number of benzene rings is 2. The lowest BCUT2D eigenvalue weighted by molar-refractivity contribution is -0.117. The maximum absolute atomic E-state index is 12.3. The fraction of sp³-hybridized carbons (Fsp3) is 0.318. The second kappa shape index (κ2) is 9.69. The Kier molecular flexibility index (Phi) is 7.32. The summed E-state index contributed by atoms with van der Waals surface area (Å²) >= 11 is 0. The zero-order valence-electron chi connectivity index (χ0n) is 16.7. The molecule has 2 aromatic rings. The number of carbonyl (C=O) groups excluding carboxylic acids is 3. The van der Waals surface area contributed by atoms with Gasteiger partial charge in [-0.15, -0.1) is 0 Å². The molecule has 0 saturated carbocycles. The van der Waals surface area contributed by atoms with Gasteiger partial charge in [0.1, 0.15) is 0 Å². The van der Waals surface area contributed by atoms with Crippen molar-refractivity contribution in [2.75, 3.05) is 23.9 Å². The summed E-state index contributed by atoms with van der Waals surface area (Å²) in [6.45, 7) is 5.93. The number of amides is 2. The Hall–Kier alpha value is -3.15. The van der Waals surface area contributed by atoms with E-state index in [9.17, 15) is 14.4 Å². The highest BCUT2D eigenvalue weighted by molar-refractivity contribution is 5.96. The molecular formula is C22H26N2O4. The molecule has 0 fully saturated rings. The molecule has 1 N–H and O–H groups in total. The molecule has 0 bridgehead atoms. The van der Waals surface area contributed by atoms with Crippen LogP contribution in [-0.2, 0) is 14.3 Å². The normalized spacial score (nSPS) is 10.5. The monoisotopic (exact) mass is 382 g/mol. The van der Waals surface area contributed by atoms with Crippen LogP contribution in [-0.4, -0.2) is 31.4 Å². The minimum Gasteiger partial charge on any atom is -0.465 e. The first kappa shape index (κ1) is 21.2. The number of hydrogen-bond acceptors (Lipinski definition) is 4. The van der Waals surface area contributed by atoms with Crippen LogP contribution in [0.5, 0.6) is 0 Å². The van der Waals surface area contributed by atoms with Crippen LogP contribution < -0.4 is 10.2 Å². The van der Waals surface area contributed by atoms with Gasteiger partial charge in [-0.25, -0.2) is 4.79 Å². The van der Waals surface area contributed by atoms with Crippen molar-refractivity contribution < 1.29 is 19.1 Å². The van der Waals surface area contributed by atoms with Crippen molar-refractivity contribution in [1.82, 2.24) is 0 Å². The summed E-state index contributed by atoms with van der Waals surface area (Å²) in [6, 6.07) is 14.2. The third kappa shape index (κ3) is 5.42. The first-order valence-corrected chi connectivity index (χ1v) is 9.18. The smallest absolute Gasteiger partial charge is 0.337 e. The van der Waals surface area contributed by atoms with Crippen molar-refractivity contribution in [3.63, 3.8) is 0 Å². The molecule has 6 heteroatoms. The van der Waals surface area contributed by atoms with Gasteiger partial charge in [-0.2, -0.15) is 0 Å². The Labute approximate surface area is 165 Å². The Morgan fingerprint density at radius 3 is 2.25 bits per heavy atom. The summed E-state index contributed by atoms with van der Waals surface area (Å²) in [6.07, 6.45) is 0.158. The number of rotatable bonds is 7. The molecule has 0 aliphatic carbocycles. The van der Waals surface area contributed by atoms with Gasteiger partial charge < -0.3 is 15.0 Å². The van der Waals surface area contributed by atoms with E-state index >= 15 is 0 Å². The molecule has 0 aliphatic heterocycles. The molecule has 0 aromatic heterocycles. The summed E-state index contributed by atoms with van der Waals surface area (Å²) in [5, 5.41) is 2.78. The van der Waals surface area contributed by atoms with Crippen molar-refractivity contribution in [1.29, 1.82) is 0 Å². The number of para-hydroxylation sites is 1. The molecule has 6 nitrogen and oxygen atoms in total. The summed E-state index contributed by atoms with van der Waals surface area (Å²) in [5.74, 6) is -0.485. The number of methoxy groups -OCH3 is 1. The third-order valence-corrected chi connectivity index (χ3v) is 4.38. The number of carbonyl (C=O) groups is 3. The van der Waals surface area contributed by atoms with Gasteiger partial charge in [-0.05, 0) is 41.8 Å². The number of nitrogens with zero attached hydrogens (tertiary/aromatic N) is 1. The highest BCUT2D eigenvalue weighted by Crippen LogP contribution is 2.27. The first-order valence-electron chi connectivity index (χ1n) is 9.18. The maximum Gasteiger partial charge on any atom is 0.337 e. The number of hydrogen-bond donors (Lipinski definition) is 1. The zero-order valence-corrected chi connectivity index (χ0v) is 16.7. The van der Waals surface area contributed by atoms with E-state index in [2.05, 4.69) is 23.9 Å². The predicted octanol–water partition coefficient (Wildman–Crippen LogP) is 3.98. The Bertz CT molecular complexity index is 844. The second-order valence-electron chi connectivity index (χ2n) is 6.75. The predicted molar refractivity (Wildman–Crippen MR) is 110 cm³/mol. The van der Waals surface area contributed by atoms with Gasteiger partial charge in [0.15, 0.2) is 0 Å². The summed E-state index contributed by atoms with van der Waals surface area (Å²) < 4.78 is 4.65. The molecule has 0 atom stereocenters. The van der Waals surface area contributed by atoms with Crippen LogP contribution in [0.25, 0.3) is 0 Å². The van der Waals surface area contributed by atoms with Crippen LogP contribution in [0.4, 0.5) is 11.4 Å². The molecule has 28 heavy (non-hydrogen) atoms. The van der Waals surface area contributed by atoms with E-state index in [0.717, 1.165) is 11.3 Å². The zero-order chi connectivity index (χ0) is 20.7. The fourth-order valence-electron chi connectivity index (χ4n) is 2.91. The highest BCUT2D eigenvalue weighted by atomic mass is 16.5. The Balaban J connectivity index is 2.03. The van der Waals surface area contributed by atoms with Gasteiger partial charge in [0, 0.05) is 31.3 Å². The summed E-state index contributed by atoms with van der Waals surface area (Å²) in [7, 11) is 1.32. The molecular weight excluding hydrogens is 356 g/mol. The summed E-state index contributed by atoms with van der Waals surface area (Å²) in [5.41, 5.74) is 2.89. The van der Waals surface area contributed by atoms with Crippen LogP contribution in [0.1, 0.15) is 49.0 Å². The number of ether oxygens (including phenoxy) is 1. The topological polar surface area (TPSA) is 75.7 Å². The van der Waals surface area contributed by atoms with Gasteiger partial charge in [-0.3, -0.25) is 9.59 Å². The van der Waals surface area contributed by atoms with Crippen molar-refractivity contribution in [2.45, 2.75) is 33.1 Å². The SMILES string of the molecule is COC(=O)c1ccc(NC(=O)CCN(C(C)=O)c2ccccc2C(C)C)cc1. The van der Waals surface area contributed by atoms with Gasteiger partial charge in [0.2, 0.25) is 11.8 Å². The van der Waals surface area contributed by atoms with Crippen molar-refractivity contribution in [2.24, 2.45) is 0 Å². The molecule has 0 heterocycles. The summed E-state index contributed by atoms with van der Waals surface area (Å²) in [4.78, 5) is 37.6. The molecule has 2 aromatic carbocycles. The Morgan fingerprint density at radius 1 is 1.04 bits per heavy atom. The minimum absolute atomic E-state index is 0.108. The van der Waals surface area contributed by atoms with E-state index in [1.54, 1.807) is 29.2 Å². The van der Waals surface area contributed by atoms with E-state index < -0.39 is 5.97 Å². The van der Waals surface area contributed by atoms with E-state index in [0.29, 0.717) is 11.3 Å². The standard InChI is InChI=1S/C22H26N2O4/c1-15(2)19-7-5-6-8-20(19)24(16(3)25)14-13-21(26)23-18-11-9-17(10-12-18)22(27)28-4/h5-12,15H,13-14H2,1-4H3,(H,23,26). The quantitative estimate of drug-likeness (QED) is 0.735. The van der Waals surface area contributed by atoms with Crippen LogP contribution in [0.15, 0.2) is 48.5 Å². The van der Waals surface area contributed by atoms with Crippen LogP contribution in [0.3, 0.4) is 0 Å². The number of nitrogens with one attached hydrogen (secondary N) is 1. The molecule has 2 rings (SSSR count). The van der Waals surface area contributed by atoms with Crippen molar-refractivity contribution in [3.05, 3.63) is 59.7 Å². The van der Waals surface area contributed by atoms with Gasteiger partial charge >= 0.3 is 5.97 Å². The largest absolute Gasteiger partial charge is 0.465 e. The molecule has 0 spiro atoms. The first-order chi connectivity index (χ1) is 13.3. The highest BCUT2D eigenvalue weighted by Gasteiger charge is 2.18. The lowest BCUT2D eigenvalue weighted by Gasteiger charge is -2.25. The number of anilines is 2. The van der Waals surface area contributed by atoms with Crippen molar-refractivity contribution >= 4 is 29.2 Å². The fourth-order valence-corrected chi connectivity index (χ4v) is 2.91. The lowest BCUT2D eigenvalue weighted by Crippen LogP contribution is -2.32. The van der Waals surface area contributed by atoms with E-state index in [1.807, 2.05) is 24.3 Å². The Morgan fingerprint density at radius 2 is 1.68 bits per heavy atom. The molecule has 0 radical (unpaired) electrons. The molecule has 0 aliphatic rings. The van der Waals surface area contributed by atoms with Crippen LogP contribution in [0.2, 0.25) is 0 Å². The van der Waals surface area contributed by atoms with Gasteiger partial charge in [-0.1, -0.05) is 32.0 Å². The molecule has 148 valence electrons. The van der Waals surface area contributed by atoms with E-state index in [4.69, 9.17) is 0 Å². The van der Waals surface area contributed by atoms with Crippen LogP contribution in [0, 0.1) is 0 Å².